The second-order valence-corrected chi connectivity index (χ2v) is 6.04. The number of hydrogen-bond donors (Lipinski definition) is 0. The van der Waals surface area contributed by atoms with Gasteiger partial charge in [-0.25, -0.2) is 4.39 Å². The molecule has 0 aromatic heterocycles. The first-order chi connectivity index (χ1) is 9.95. The summed E-state index contributed by atoms with van der Waals surface area (Å²) in [5.74, 6) is -0.123. The molecule has 1 amide bonds. The van der Waals surface area contributed by atoms with Crippen molar-refractivity contribution in [3.05, 3.63) is 29.6 Å². The molecule has 0 saturated heterocycles. The molecule has 1 aromatic rings. The average molecular weight is 293 g/mol. The van der Waals surface area contributed by atoms with E-state index in [0.29, 0.717) is 11.3 Å². The van der Waals surface area contributed by atoms with Gasteiger partial charge in [-0.2, -0.15) is 0 Å². The number of nitrogens with zero attached hydrogens (tertiary/aromatic N) is 1. The lowest BCUT2D eigenvalue weighted by atomic mass is 9.72. The third-order valence-electron chi connectivity index (χ3n) is 4.58. The quantitative estimate of drug-likeness (QED) is 0.820. The van der Waals surface area contributed by atoms with E-state index in [9.17, 15) is 9.18 Å². The van der Waals surface area contributed by atoms with Crippen LogP contribution in [0, 0.1) is 5.82 Å². The van der Waals surface area contributed by atoms with Gasteiger partial charge in [-0.15, -0.1) is 0 Å². The summed E-state index contributed by atoms with van der Waals surface area (Å²) in [6, 6.07) is 4.18. The topological polar surface area (TPSA) is 29.5 Å². The van der Waals surface area contributed by atoms with Crippen LogP contribution in [0.15, 0.2) is 18.2 Å². The van der Waals surface area contributed by atoms with E-state index in [1.165, 1.54) is 25.3 Å². The van der Waals surface area contributed by atoms with Gasteiger partial charge in [-0.3, -0.25) is 4.79 Å². The molecule has 1 aliphatic rings. The lowest BCUT2D eigenvalue weighted by Gasteiger charge is -2.52. The van der Waals surface area contributed by atoms with Gasteiger partial charge in [0.2, 0.25) is 0 Å². The van der Waals surface area contributed by atoms with Crippen LogP contribution < -0.4 is 4.74 Å². The number of amides is 1. The van der Waals surface area contributed by atoms with Crippen LogP contribution >= 0.6 is 0 Å². The molecule has 2 rings (SSSR count). The summed E-state index contributed by atoms with van der Waals surface area (Å²) in [7, 11) is 1.50. The zero-order valence-corrected chi connectivity index (χ0v) is 13.3. The Morgan fingerprint density at radius 1 is 1.43 bits per heavy atom. The van der Waals surface area contributed by atoms with E-state index in [2.05, 4.69) is 6.92 Å². The van der Waals surface area contributed by atoms with Gasteiger partial charge in [-0.1, -0.05) is 6.92 Å². The van der Waals surface area contributed by atoms with E-state index in [0.717, 1.165) is 25.7 Å². The zero-order valence-electron chi connectivity index (χ0n) is 13.3. The number of methoxy groups -OCH3 is 1. The fourth-order valence-corrected chi connectivity index (χ4v) is 3.32. The summed E-state index contributed by atoms with van der Waals surface area (Å²) in [5, 5.41) is 0. The Morgan fingerprint density at radius 2 is 2.10 bits per heavy atom. The van der Waals surface area contributed by atoms with Crippen LogP contribution in [0.2, 0.25) is 0 Å². The van der Waals surface area contributed by atoms with Gasteiger partial charge in [0, 0.05) is 11.6 Å². The first kappa shape index (κ1) is 15.8. The summed E-state index contributed by atoms with van der Waals surface area (Å²) < 4.78 is 18.8. The van der Waals surface area contributed by atoms with Crippen LogP contribution in [0.25, 0.3) is 0 Å². The number of rotatable bonds is 5. The first-order valence-electron chi connectivity index (χ1n) is 7.62. The maximum atomic E-state index is 13.6. The highest BCUT2D eigenvalue weighted by molar-refractivity contribution is 5.97. The summed E-state index contributed by atoms with van der Waals surface area (Å²) in [5.41, 5.74) is 0.230. The number of halogens is 1. The number of benzene rings is 1. The lowest BCUT2D eigenvalue weighted by molar-refractivity contribution is -0.00176. The van der Waals surface area contributed by atoms with Crippen molar-refractivity contribution < 1.29 is 13.9 Å². The van der Waals surface area contributed by atoms with E-state index in [1.807, 2.05) is 18.7 Å². The second-order valence-electron chi connectivity index (χ2n) is 6.04. The molecule has 0 bridgehead atoms. The molecule has 21 heavy (non-hydrogen) atoms. The molecular formula is C17H24FNO2. The molecular weight excluding hydrogens is 269 g/mol. The van der Waals surface area contributed by atoms with Gasteiger partial charge in [-0.05, 0) is 57.7 Å². The Morgan fingerprint density at radius 3 is 2.52 bits per heavy atom. The average Bonchev–Trinajstić information content (AvgIpc) is 2.41. The first-order valence-corrected chi connectivity index (χ1v) is 7.62. The molecule has 1 aliphatic carbocycles. The Hall–Kier alpha value is -1.58. The van der Waals surface area contributed by atoms with Crippen LogP contribution in [-0.4, -0.2) is 29.5 Å². The minimum absolute atomic E-state index is 0.0747. The molecule has 0 atom stereocenters. The van der Waals surface area contributed by atoms with E-state index >= 15 is 0 Å². The van der Waals surface area contributed by atoms with Gasteiger partial charge in [0.1, 0.15) is 11.6 Å². The molecule has 3 nitrogen and oxygen atoms in total. The van der Waals surface area contributed by atoms with E-state index in [1.54, 1.807) is 0 Å². The summed E-state index contributed by atoms with van der Waals surface area (Å²) in [6.07, 6.45) is 4.11. The summed E-state index contributed by atoms with van der Waals surface area (Å²) in [4.78, 5) is 14.9. The van der Waals surface area contributed by atoms with Crippen molar-refractivity contribution in [2.24, 2.45) is 0 Å². The second kappa shape index (κ2) is 6.04. The van der Waals surface area contributed by atoms with Gasteiger partial charge in [0.05, 0.1) is 12.7 Å². The third kappa shape index (κ3) is 2.76. The van der Waals surface area contributed by atoms with Crippen molar-refractivity contribution in [3.8, 4) is 5.75 Å². The van der Waals surface area contributed by atoms with Crippen molar-refractivity contribution in [2.45, 2.75) is 58.0 Å². The van der Waals surface area contributed by atoms with Crippen LogP contribution in [0.3, 0.4) is 0 Å². The molecule has 1 aromatic carbocycles. The highest BCUT2D eigenvalue weighted by atomic mass is 19.1. The monoisotopic (exact) mass is 293 g/mol. The van der Waals surface area contributed by atoms with Gasteiger partial charge >= 0.3 is 0 Å². The Bertz CT molecular complexity index is 518. The normalized spacial score (nSPS) is 16.5. The summed E-state index contributed by atoms with van der Waals surface area (Å²) in [6.45, 7) is 6.14. The van der Waals surface area contributed by atoms with Gasteiger partial charge in [0.25, 0.3) is 5.91 Å². The van der Waals surface area contributed by atoms with Crippen molar-refractivity contribution in [1.82, 2.24) is 4.90 Å². The van der Waals surface area contributed by atoms with Crippen LogP contribution in [0.4, 0.5) is 4.39 Å². The van der Waals surface area contributed by atoms with Gasteiger partial charge < -0.3 is 9.64 Å². The lowest BCUT2D eigenvalue weighted by Crippen LogP contribution is -2.58. The molecule has 1 fully saturated rings. The molecule has 0 unspecified atom stereocenters. The number of hydrogen-bond acceptors (Lipinski definition) is 2. The predicted octanol–water partition coefficient (Wildman–Crippen LogP) is 4.02. The smallest absolute Gasteiger partial charge is 0.258 e. The predicted molar refractivity (Wildman–Crippen MR) is 81.1 cm³/mol. The van der Waals surface area contributed by atoms with Crippen LogP contribution in [-0.2, 0) is 0 Å². The minimum atomic E-state index is -0.415. The molecule has 0 radical (unpaired) electrons. The molecule has 0 N–H and O–H groups in total. The fraction of sp³-hybridized carbons (Fsp3) is 0.588. The molecule has 0 spiro atoms. The highest BCUT2D eigenvalue weighted by Crippen LogP contribution is 2.42. The number of ether oxygens (including phenoxy) is 1. The molecule has 116 valence electrons. The SMILES string of the molecule is CCC1(N(C(=O)c2cc(F)ccc2OC)C(C)C)CCC1. The zero-order chi connectivity index (χ0) is 15.6. The van der Waals surface area contributed by atoms with E-state index < -0.39 is 5.82 Å². The highest BCUT2D eigenvalue weighted by Gasteiger charge is 2.45. The molecule has 0 heterocycles. The van der Waals surface area contributed by atoms with Gasteiger partial charge in [0.15, 0.2) is 0 Å². The third-order valence-corrected chi connectivity index (χ3v) is 4.58. The maximum absolute atomic E-state index is 13.6. The maximum Gasteiger partial charge on any atom is 0.258 e. The molecule has 1 saturated carbocycles. The molecule has 4 heteroatoms. The Kier molecular flexibility index (Phi) is 4.55. The van der Waals surface area contributed by atoms with Crippen molar-refractivity contribution in [3.63, 3.8) is 0 Å². The minimum Gasteiger partial charge on any atom is -0.496 e. The standard InChI is InChI=1S/C17H24FNO2/c1-5-17(9-6-10-17)19(12(2)3)16(20)14-11-13(18)7-8-15(14)21-4/h7-8,11-12H,5-6,9-10H2,1-4H3. The Labute approximate surface area is 126 Å². The number of carbonyl (C=O) groups excluding carboxylic acids is 1. The van der Waals surface area contributed by atoms with E-state index in [4.69, 9.17) is 4.74 Å². The fourth-order valence-electron chi connectivity index (χ4n) is 3.32. The summed E-state index contributed by atoms with van der Waals surface area (Å²) >= 11 is 0. The van der Waals surface area contributed by atoms with Crippen molar-refractivity contribution in [2.75, 3.05) is 7.11 Å². The van der Waals surface area contributed by atoms with Crippen molar-refractivity contribution in [1.29, 1.82) is 0 Å². The largest absolute Gasteiger partial charge is 0.496 e. The van der Waals surface area contributed by atoms with E-state index in [-0.39, 0.29) is 17.5 Å². The molecule has 0 aliphatic heterocycles. The van der Waals surface area contributed by atoms with Crippen molar-refractivity contribution >= 4 is 5.91 Å². The van der Waals surface area contributed by atoms with Crippen LogP contribution in [0.1, 0.15) is 56.8 Å². The number of carbonyl (C=O) groups is 1. The Balaban J connectivity index is 2.42. The van der Waals surface area contributed by atoms with Crippen LogP contribution in [0.5, 0.6) is 5.75 Å².